The third-order valence-electron chi connectivity index (χ3n) is 4.91. The monoisotopic (exact) mass is 533 g/mol. The zero-order valence-electron chi connectivity index (χ0n) is 18.7. The molecule has 0 bridgehead atoms. The molecule has 0 saturated carbocycles. The summed E-state index contributed by atoms with van der Waals surface area (Å²) in [5.74, 6) is -13.4. The summed E-state index contributed by atoms with van der Waals surface area (Å²) in [6.45, 7) is -1.60. The van der Waals surface area contributed by atoms with Gasteiger partial charge in [-0.25, -0.2) is 4.79 Å². The van der Waals surface area contributed by atoms with Crippen LogP contribution in [0.15, 0.2) is 93.5 Å². The molecular formula is C25H20F7O3S+. The van der Waals surface area contributed by atoms with Crippen LogP contribution in [0.25, 0.3) is 0 Å². The number of hydrogen-bond acceptors (Lipinski definition) is 3. The highest BCUT2D eigenvalue weighted by Gasteiger charge is 2.73. The Morgan fingerprint density at radius 1 is 0.806 bits per heavy atom. The van der Waals surface area contributed by atoms with E-state index >= 15 is 0 Å². The van der Waals surface area contributed by atoms with Crippen LogP contribution >= 0.6 is 0 Å². The number of carbonyl (C=O) groups is 1. The molecule has 36 heavy (non-hydrogen) atoms. The number of aryl methyl sites for hydroxylation is 1. The molecule has 3 rings (SSSR count). The summed E-state index contributed by atoms with van der Waals surface area (Å²) < 4.78 is 98.0. The Labute approximate surface area is 205 Å². The molecule has 3 aromatic carbocycles. The predicted octanol–water partition coefficient (Wildman–Crippen LogP) is 6.85. The average Bonchev–Trinajstić information content (AvgIpc) is 2.83. The van der Waals surface area contributed by atoms with Crippen molar-refractivity contribution in [1.82, 2.24) is 0 Å². The molecule has 0 fully saturated rings. The van der Waals surface area contributed by atoms with Gasteiger partial charge in [0.1, 0.15) is 5.75 Å². The van der Waals surface area contributed by atoms with E-state index in [-0.39, 0.29) is 5.75 Å². The van der Waals surface area contributed by atoms with E-state index in [4.69, 9.17) is 4.74 Å². The van der Waals surface area contributed by atoms with Crippen molar-refractivity contribution in [3.05, 3.63) is 84.4 Å². The molecule has 0 unspecified atom stereocenters. The van der Waals surface area contributed by atoms with E-state index in [1.807, 2.05) is 67.6 Å². The van der Waals surface area contributed by atoms with Crippen molar-refractivity contribution in [2.75, 3.05) is 13.2 Å². The highest BCUT2D eigenvalue weighted by Crippen LogP contribution is 2.46. The second kappa shape index (κ2) is 10.8. The Morgan fingerprint density at radius 2 is 1.33 bits per heavy atom. The van der Waals surface area contributed by atoms with Crippen molar-refractivity contribution >= 4 is 16.9 Å². The number of benzene rings is 3. The van der Waals surface area contributed by atoms with Gasteiger partial charge in [-0.1, -0.05) is 36.4 Å². The fraction of sp³-hybridized carbons (Fsp3) is 0.240. The molecule has 0 N–H and O–H groups in total. The van der Waals surface area contributed by atoms with Gasteiger partial charge in [0, 0.05) is 5.56 Å². The maximum Gasteiger partial charge on any atom is 0.460 e. The number of rotatable bonds is 9. The van der Waals surface area contributed by atoms with Crippen LogP contribution in [-0.2, 0) is 20.4 Å². The van der Waals surface area contributed by atoms with Crippen molar-refractivity contribution in [3.63, 3.8) is 0 Å². The fourth-order valence-corrected chi connectivity index (χ4v) is 5.32. The number of esters is 1. The molecule has 3 aromatic rings. The Bertz CT molecular complexity index is 1130. The van der Waals surface area contributed by atoms with Crippen molar-refractivity contribution < 1.29 is 45.0 Å². The zero-order chi connectivity index (χ0) is 26.6. The van der Waals surface area contributed by atoms with Crippen LogP contribution < -0.4 is 4.74 Å². The van der Waals surface area contributed by atoms with Crippen molar-refractivity contribution in [3.8, 4) is 5.75 Å². The molecule has 0 heterocycles. The molecule has 0 aliphatic carbocycles. The summed E-state index contributed by atoms with van der Waals surface area (Å²) in [6, 6.07) is 24.4. The summed E-state index contributed by atoms with van der Waals surface area (Å²) in [4.78, 5) is 14.7. The standard InChI is InChI=1S/C25H20F7O3S/c1-17-14-18(34-15-22(33)35-16-23(26,27)24(28,29)25(30,31)32)12-13-21(17)36(19-8-4-2-5-9-19)20-10-6-3-7-11-20/h2-14H,15-16H2,1H3/q+1. The van der Waals surface area contributed by atoms with Gasteiger partial charge < -0.3 is 9.47 Å². The predicted molar refractivity (Wildman–Crippen MR) is 119 cm³/mol. The molecule has 0 atom stereocenters. The van der Waals surface area contributed by atoms with E-state index in [1.54, 1.807) is 12.1 Å². The summed E-state index contributed by atoms with van der Waals surface area (Å²) in [5.41, 5.74) is 0.785. The average molecular weight is 533 g/mol. The van der Waals surface area contributed by atoms with Crippen LogP contribution in [0.2, 0.25) is 0 Å². The summed E-state index contributed by atoms with van der Waals surface area (Å²) in [6.07, 6.45) is -6.50. The first-order chi connectivity index (χ1) is 16.8. The normalized spacial score (nSPS) is 12.5. The maximum atomic E-state index is 13.3. The van der Waals surface area contributed by atoms with Crippen molar-refractivity contribution in [2.24, 2.45) is 0 Å². The van der Waals surface area contributed by atoms with Gasteiger partial charge in [-0.15, -0.1) is 0 Å². The molecule has 192 valence electrons. The Hall–Kier alpha value is -3.21. The van der Waals surface area contributed by atoms with Gasteiger partial charge in [0.2, 0.25) is 0 Å². The Balaban J connectivity index is 1.69. The van der Waals surface area contributed by atoms with E-state index in [2.05, 4.69) is 4.74 Å². The topological polar surface area (TPSA) is 35.5 Å². The van der Waals surface area contributed by atoms with Crippen LogP contribution in [0.1, 0.15) is 5.56 Å². The summed E-state index contributed by atoms with van der Waals surface area (Å²) in [5, 5.41) is 0. The minimum Gasteiger partial charge on any atom is -0.482 e. The lowest BCUT2D eigenvalue weighted by atomic mass is 10.2. The Kier molecular flexibility index (Phi) is 8.22. The van der Waals surface area contributed by atoms with Gasteiger partial charge in [0.05, 0.1) is 10.9 Å². The highest BCUT2D eigenvalue weighted by atomic mass is 32.2. The molecule has 11 heteroatoms. The molecule has 0 aliphatic heterocycles. The van der Waals surface area contributed by atoms with Gasteiger partial charge in [-0.05, 0) is 49.4 Å². The van der Waals surface area contributed by atoms with E-state index < -0.39 is 48.1 Å². The van der Waals surface area contributed by atoms with Gasteiger partial charge >= 0.3 is 24.0 Å². The SMILES string of the molecule is Cc1cc(OCC(=O)OCC(F)(F)C(F)(F)C(F)(F)F)ccc1[S+](c1ccccc1)c1ccccc1. The zero-order valence-corrected chi connectivity index (χ0v) is 19.5. The van der Waals surface area contributed by atoms with Crippen molar-refractivity contribution in [2.45, 2.75) is 39.6 Å². The van der Waals surface area contributed by atoms with Crippen LogP contribution in [0.3, 0.4) is 0 Å². The first-order valence-electron chi connectivity index (χ1n) is 10.4. The van der Waals surface area contributed by atoms with Crippen LogP contribution in [-0.4, -0.2) is 37.2 Å². The van der Waals surface area contributed by atoms with Gasteiger partial charge in [0.15, 0.2) is 27.9 Å². The van der Waals surface area contributed by atoms with Gasteiger partial charge in [0.25, 0.3) is 0 Å². The molecule has 0 aromatic heterocycles. The lowest BCUT2D eigenvalue weighted by Crippen LogP contribution is -2.54. The van der Waals surface area contributed by atoms with E-state index in [0.717, 1.165) is 20.2 Å². The lowest BCUT2D eigenvalue weighted by Gasteiger charge is -2.27. The lowest BCUT2D eigenvalue weighted by molar-refractivity contribution is -0.359. The molecule has 0 amide bonds. The highest BCUT2D eigenvalue weighted by molar-refractivity contribution is 7.97. The number of carbonyl (C=O) groups excluding carboxylic acids is 1. The summed E-state index contributed by atoms with van der Waals surface area (Å²) in [7, 11) is -0.470. The molecular weight excluding hydrogens is 513 g/mol. The number of alkyl halides is 7. The molecule has 0 aliphatic rings. The van der Waals surface area contributed by atoms with Gasteiger partial charge in [-0.3, -0.25) is 0 Å². The first-order valence-corrected chi connectivity index (χ1v) is 11.6. The Morgan fingerprint density at radius 3 is 1.81 bits per heavy atom. The maximum absolute atomic E-state index is 13.3. The van der Waals surface area contributed by atoms with E-state index in [1.165, 1.54) is 6.07 Å². The van der Waals surface area contributed by atoms with E-state index in [9.17, 15) is 35.5 Å². The summed E-state index contributed by atoms with van der Waals surface area (Å²) >= 11 is 0. The first kappa shape index (κ1) is 27.4. The third-order valence-corrected chi connectivity index (χ3v) is 7.30. The molecule has 0 radical (unpaired) electrons. The number of halogens is 7. The molecule has 3 nitrogen and oxygen atoms in total. The third kappa shape index (κ3) is 6.13. The minimum absolute atomic E-state index is 0.158. The smallest absolute Gasteiger partial charge is 0.460 e. The second-order valence-corrected chi connectivity index (χ2v) is 9.58. The van der Waals surface area contributed by atoms with E-state index in [0.29, 0.717) is 0 Å². The molecule has 0 spiro atoms. The molecule has 0 saturated heterocycles. The van der Waals surface area contributed by atoms with Crippen LogP contribution in [0.4, 0.5) is 30.7 Å². The largest absolute Gasteiger partial charge is 0.482 e. The van der Waals surface area contributed by atoms with Crippen molar-refractivity contribution in [1.29, 1.82) is 0 Å². The van der Waals surface area contributed by atoms with Crippen LogP contribution in [0.5, 0.6) is 5.75 Å². The van der Waals surface area contributed by atoms with Crippen LogP contribution in [0, 0.1) is 6.92 Å². The minimum atomic E-state index is -6.50. The second-order valence-electron chi connectivity index (χ2n) is 7.59. The number of hydrogen-bond donors (Lipinski definition) is 0. The fourth-order valence-electron chi connectivity index (χ4n) is 3.10. The van der Waals surface area contributed by atoms with Gasteiger partial charge in [-0.2, -0.15) is 30.7 Å². The quantitative estimate of drug-likeness (QED) is 0.172. The number of ether oxygens (including phenoxy) is 2.